The van der Waals surface area contributed by atoms with Crippen molar-refractivity contribution in [3.63, 3.8) is 0 Å². The van der Waals surface area contributed by atoms with Gasteiger partial charge in [0.15, 0.2) is 0 Å². The quantitative estimate of drug-likeness (QED) is 0.714. The molecule has 3 nitrogen and oxygen atoms in total. The molecule has 0 spiro atoms. The number of aromatic amines is 1. The Kier molecular flexibility index (Phi) is 6.83. The van der Waals surface area contributed by atoms with Crippen molar-refractivity contribution in [3.05, 3.63) is 72.3 Å². The summed E-state index contributed by atoms with van der Waals surface area (Å²) in [6.07, 6.45) is 1.62. The van der Waals surface area contributed by atoms with Crippen molar-refractivity contribution in [1.29, 1.82) is 0 Å². The zero-order valence-corrected chi connectivity index (χ0v) is 15.5. The summed E-state index contributed by atoms with van der Waals surface area (Å²) in [4.78, 5) is 6.74. The van der Waals surface area contributed by atoms with Crippen LogP contribution in [0.5, 0.6) is 0 Å². The van der Waals surface area contributed by atoms with Gasteiger partial charge in [-0.25, -0.2) is 4.98 Å². The van der Waals surface area contributed by atoms with Gasteiger partial charge in [0.2, 0.25) is 0 Å². The molecule has 0 amide bonds. The number of aliphatic hydroxyl groups excluding tert-OH is 1. The number of hydrogen-bond donors (Lipinski definition) is 2. The molecule has 21 heavy (non-hydrogen) atoms. The molecular formula is C17H17KN2O. The number of H-pyrrole nitrogens is 1. The van der Waals surface area contributed by atoms with Gasteiger partial charge in [-0.1, -0.05) is 0 Å². The van der Waals surface area contributed by atoms with E-state index < -0.39 is 0 Å². The second-order valence-corrected chi connectivity index (χ2v) is 6.69. The van der Waals surface area contributed by atoms with Crippen molar-refractivity contribution in [2.24, 2.45) is 0 Å². The van der Waals surface area contributed by atoms with Crippen LogP contribution in [0.1, 0.15) is 11.5 Å². The summed E-state index contributed by atoms with van der Waals surface area (Å²) in [5.41, 5.74) is 3.38. The van der Waals surface area contributed by atoms with Gasteiger partial charge in [0, 0.05) is 0 Å². The van der Waals surface area contributed by atoms with Crippen LogP contribution in [0, 0.1) is 6.92 Å². The predicted molar refractivity (Wildman–Crippen MR) is 86.5 cm³/mol. The van der Waals surface area contributed by atoms with E-state index in [4.69, 9.17) is 5.11 Å². The number of aryl methyl sites for hydroxylation is 1. The Labute approximate surface area is 159 Å². The molecule has 3 aromatic rings. The number of hydrogen-bond acceptors (Lipinski definition) is 2. The standard InChI is InChI=1S/C12H9.C5H8N2O.K/c1-3-7-11(8-4-1)12-9-5-2-6-10-12;1-4-6-2-5(3-8)7-4;/h1,3-10H;2,8H,3H2,1H3,(H,6,7);. The summed E-state index contributed by atoms with van der Waals surface area (Å²) in [6, 6.07) is 19.3. The van der Waals surface area contributed by atoms with Gasteiger partial charge in [-0.15, -0.1) is 0 Å². The Morgan fingerprint density at radius 3 is 2.10 bits per heavy atom. The van der Waals surface area contributed by atoms with E-state index in [2.05, 4.69) is 58.5 Å². The fourth-order valence-electron chi connectivity index (χ4n) is 1.93. The fraction of sp³-hybridized carbons (Fsp3) is 0.118. The molecule has 0 fully saturated rings. The number of nitrogens with zero attached hydrogens (tertiary/aromatic N) is 1. The Balaban J connectivity index is 0.000000173. The Hall–Kier alpha value is -0.754. The molecular weight excluding hydrogens is 287 g/mol. The van der Waals surface area contributed by atoms with Crippen molar-refractivity contribution in [3.8, 4) is 11.1 Å². The van der Waals surface area contributed by atoms with Gasteiger partial charge >= 0.3 is 114 Å². The van der Waals surface area contributed by atoms with Crippen molar-refractivity contribution in [2.45, 2.75) is 13.5 Å². The number of benzene rings is 2. The van der Waals surface area contributed by atoms with Crippen molar-refractivity contribution < 1.29 is 5.11 Å². The molecule has 0 bridgehead atoms. The first-order valence-corrected chi connectivity index (χ1v) is 8.48. The predicted octanol–water partition coefficient (Wildman–Crippen LogP) is 2.36. The third kappa shape index (κ3) is 5.51. The molecule has 1 aromatic heterocycles. The molecule has 0 atom stereocenters. The van der Waals surface area contributed by atoms with Gasteiger partial charge in [-0.2, -0.15) is 0 Å². The molecule has 3 rings (SSSR count). The molecule has 0 saturated carbocycles. The first-order valence-electron chi connectivity index (χ1n) is 6.92. The minimum absolute atomic E-state index is 0.0425. The first-order chi connectivity index (χ1) is 10.2. The van der Waals surface area contributed by atoms with Crippen molar-refractivity contribution in [2.75, 3.05) is 0 Å². The third-order valence-electron chi connectivity index (χ3n) is 3.08. The Bertz CT molecular complexity index is 663. The van der Waals surface area contributed by atoms with Crippen LogP contribution in [0.3, 0.4) is 0 Å². The molecule has 2 aromatic carbocycles. The van der Waals surface area contributed by atoms with E-state index in [1.54, 1.807) is 6.20 Å². The molecule has 0 aliphatic rings. The topological polar surface area (TPSA) is 48.9 Å². The SMILES string of the molecule is Cc1ncc(CO)[nH]1.[K][c]1ccc(-c2ccccc2)cc1. The van der Waals surface area contributed by atoms with E-state index in [0.717, 1.165) is 60.5 Å². The summed E-state index contributed by atoms with van der Waals surface area (Å²) in [6.45, 7) is 1.89. The van der Waals surface area contributed by atoms with Gasteiger partial charge in [-0.05, 0) is 6.92 Å². The number of aromatic nitrogens is 2. The monoisotopic (exact) mass is 304 g/mol. The summed E-state index contributed by atoms with van der Waals surface area (Å²) < 4.78 is 1.49. The van der Waals surface area contributed by atoms with E-state index in [0.29, 0.717) is 0 Å². The van der Waals surface area contributed by atoms with Crippen LogP contribution in [-0.2, 0) is 6.61 Å². The van der Waals surface area contributed by atoms with Crippen LogP contribution < -0.4 is -0.342 Å². The maximum absolute atomic E-state index is 8.48. The molecule has 4 heteroatoms. The summed E-state index contributed by atoms with van der Waals surface area (Å²) in [5, 5.41) is 8.48. The number of rotatable bonds is 2. The van der Waals surface area contributed by atoms with Gasteiger partial charge in [0.25, 0.3) is 0 Å². The average Bonchev–Trinajstić information content (AvgIpc) is 2.95. The molecule has 2 N–H and O–H groups in total. The van der Waals surface area contributed by atoms with Gasteiger partial charge in [-0.3, -0.25) is 0 Å². The summed E-state index contributed by atoms with van der Waals surface area (Å²) in [7, 11) is 0. The van der Waals surface area contributed by atoms with Crippen molar-refractivity contribution >= 4 is 48.6 Å². The second-order valence-electron chi connectivity index (χ2n) is 4.88. The maximum atomic E-state index is 8.48. The van der Waals surface area contributed by atoms with Crippen LogP contribution in [-0.4, -0.2) is 64.0 Å². The minimum atomic E-state index is 0.0425. The molecule has 0 radical (unpaired) electrons. The van der Waals surface area contributed by atoms with Crippen LogP contribution in [0.2, 0.25) is 0 Å². The second kappa shape index (κ2) is 8.63. The zero-order chi connectivity index (χ0) is 15.1. The fourth-order valence-corrected chi connectivity index (χ4v) is 2.45. The Morgan fingerprint density at radius 1 is 1.00 bits per heavy atom. The molecule has 0 aliphatic carbocycles. The third-order valence-corrected chi connectivity index (χ3v) is 4.13. The summed E-state index contributed by atoms with van der Waals surface area (Å²) >= 11 is 0.794. The van der Waals surface area contributed by atoms with Crippen LogP contribution in [0.15, 0.2) is 60.8 Å². The van der Waals surface area contributed by atoms with Crippen LogP contribution in [0.4, 0.5) is 0 Å². The molecule has 102 valence electrons. The van der Waals surface area contributed by atoms with E-state index in [9.17, 15) is 0 Å². The van der Waals surface area contributed by atoms with E-state index in [-0.39, 0.29) is 6.61 Å². The van der Waals surface area contributed by atoms with E-state index in [1.165, 1.54) is 10.8 Å². The number of imidazole rings is 1. The average molecular weight is 304 g/mol. The molecule has 0 aliphatic heterocycles. The summed E-state index contributed by atoms with van der Waals surface area (Å²) in [5.74, 6) is 0.842. The van der Waals surface area contributed by atoms with Gasteiger partial charge in [0.05, 0.1) is 18.5 Å². The van der Waals surface area contributed by atoms with Gasteiger partial charge < -0.3 is 10.1 Å². The number of nitrogens with one attached hydrogen (secondary N) is 1. The van der Waals surface area contributed by atoms with E-state index >= 15 is 0 Å². The first kappa shape index (κ1) is 16.6. The van der Waals surface area contributed by atoms with Crippen LogP contribution in [0.25, 0.3) is 11.1 Å². The normalized spacial score (nSPS) is 9.90. The number of aliphatic hydroxyl groups is 1. The van der Waals surface area contributed by atoms with Crippen molar-refractivity contribution in [1.82, 2.24) is 9.97 Å². The molecule has 1 heterocycles. The molecule has 0 saturated heterocycles. The van der Waals surface area contributed by atoms with Gasteiger partial charge in [0.1, 0.15) is 5.82 Å². The van der Waals surface area contributed by atoms with E-state index in [1.807, 2.05) is 13.0 Å². The van der Waals surface area contributed by atoms with Crippen LogP contribution >= 0.6 is 0 Å². The Morgan fingerprint density at radius 2 is 1.62 bits per heavy atom. The molecule has 0 unspecified atom stereocenters. The zero-order valence-electron chi connectivity index (χ0n) is 12.4.